The molecule has 0 aliphatic carbocycles. The lowest BCUT2D eigenvalue weighted by molar-refractivity contribution is 0.0645. The third-order valence-corrected chi connectivity index (χ3v) is 2.19. The highest BCUT2D eigenvalue weighted by Crippen LogP contribution is 2.19. The molecule has 0 amide bonds. The predicted octanol–water partition coefficient (Wildman–Crippen LogP) is 1.39. The van der Waals surface area contributed by atoms with Crippen LogP contribution in [0.2, 0.25) is 0 Å². The summed E-state index contributed by atoms with van der Waals surface area (Å²) in [6.07, 6.45) is 0. The molecule has 0 saturated carbocycles. The molecule has 1 aliphatic rings. The van der Waals surface area contributed by atoms with Crippen LogP contribution in [0, 0.1) is 5.41 Å². The summed E-state index contributed by atoms with van der Waals surface area (Å²) in [5.74, 6) is 1.19. The van der Waals surface area contributed by atoms with Gasteiger partial charge in [-0.05, 0) is 0 Å². The quantitative estimate of drug-likeness (QED) is 0.420. The van der Waals surface area contributed by atoms with Crippen LogP contribution in [-0.4, -0.2) is 44.1 Å². The molecule has 0 bridgehead atoms. The normalized spacial score (nSPS) is 20.6. The number of hydrogen-bond donors (Lipinski definition) is 0. The van der Waals surface area contributed by atoms with E-state index < -0.39 is 0 Å². The van der Waals surface area contributed by atoms with Gasteiger partial charge >= 0.3 is 0 Å². The topological polar surface area (TPSA) is 24.8 Å². The summed E-state index contributed by atoms with van der Waals surface area (Å²) in [4.78, 5) is 6.69. The molecule has 3 heteroatoms. The maximum absolute atomic E-state index is 5.31. The lowest BCUT2D eigenvalue weighted by atomic mass is 9.93. The van der Waals surface area contributed by atoms with Crippen LogP contribution in [0.5, 0.6) is 0 Å². The zero-order valence-electron chi connectivity index (χ0n) is 9.13. The number of ether oxygens (including phenoxy) is 1. The fourth-order valence-electron chi connectivity index (χ4n) is 1.73. The minimum absolute atomic E-state index is 0.145. The van der Waals surface area contributed by atoms with Crippen LogP contribution in [0.15, 0.2) is 4.99 Å². The van der Waals surface area contributed by atoms with Crippen LogP contribution < -0.4 is 0 Å². The van der Waals surface area contributed by atoms with E-state index in [1.54, 1.807) is 0 Å². The number of nitrogens with zero attached hydrogens (tertiary/aromatic N) is 2. The van der Waals surface area contributed by atoms with Crippen LogP contribution in [-0.2, 0) is 4.74 Å². The molecule has 1 heterocycles. The maximum Gasteiger partial charge on any atom is 0.104 e. The van der Waals surface area contributed by atoms with Gasteiger partial charge in [-0.25, -0.2) is 0 Å². The summed E-state index contributed by atoms with van der Waals surface area (Å²) < 4.78 is 5.31. The first-order valence-electron chi connectivity index (χ1n) is 4.85. The third-order valence-electron chi connectivity index (χ3n) is 2.19. The summed E-state index contributed by atoms with van der Waals surface area (Å²) in [7, 11) is 1.87. The number of morpholine rings is 1. The van der Waals surface area contributed by atoms with E-state index >= 15 is 0 Å². The highest BCUT2D eigenvalue weighted by molar-refractivity contribution is 5.87. The molecule has 0 aromatic rings. The van der Waals surface area contributed by atoms with Gasteiger partial charge in [0.25, 0.3) is 0 Å². The van der Waals surface area contributed by atoms with Gasteiger partial charge < -0.3 is 9.64 Å². The minimum atomic E-state index is 0.145. The van der Waals surface area contributed by atoms with Gasteiger partial charge in [0.05, 0.1) is 13.2 Å². The molecule has 3 nitrogen and oxygen atoms in total. The van der Waals surface area contributed by atoms with Gasteiger partial charge in [0.15, 0.2) is 0 Å². The molecule has 76 valence electrons. The van der Waals surface area contributed by atoms with E-state index in [9.17, 15) is 0 Å². The van der Waals surface area contributed by atoms with Crippen molar-refractivity contribution in [1.29, 1.82) is 0 Å². The average molecular weight is 184 g/mol. The van der Waals surface area contributed by atoms with Crippen LogP contribution in [0.4, 0.5) is 0 Å². The number of hydrogen-bond acceptors (Lipinski definition) is 2. The molecule has 0 unspecified atom stereocenters. The average Bonchev–Trinajstić information content (AvgIpc) is 2.05. The summed E-state index contributed by atoms with van der Waals surface area (Å²) in [6, 6.07) is 0. The van der Waals surface area contributed by atoms with Gasteiger partial charge in [0, 0.05) is 25.6 Å². The van der Waals surface area contributed by atoms with Crippen molar-refractivity contribution in [2.45, 2.75) is 20.8 Å². The van der Waals surface area contributed by atoms with Crippen molar-refractivity contribution in [3.63, 3.8) is 0 Å². The monoisotopic (exact) mass is 184 g/mol. The Morgan fingerprint density at radius 2 is 1.77 bits per heavy atom. The molecule has 0 atom stereocenters. The Hall–Kier alpha value is -0.570. The van der Waals surface area contributed by atoms with Crippen molar-refractivity contribution in [2.24, 2.45) is 10.4 Å². The van der Waals surface area contributed by atoms with E-state index in [0.29, 0.717) is 0 Å². The first-order chi connectivity index (χ1) is 6.05. The Morgan fingerprint density at radius 3 is 2.15 bits per heavy atom. The van der Waals surface area contributed by atoms with Gasteiger partial charge in [0.2, 0.25) is 0 Å². The molecule has 0 spiro atoms. The molecule has 0 radical (unpaired) electrons. The highest BCUT2D eigenvalue weighted by Gasteiger charge is 2.25. The smallest absolute Gasteiger partial charge is 0.104 e. The van der Waals surface area contributed by atoms with Gasteiger partial charge in [-0.3, -0.25) is 4.99 Å². The van der Waals surface area contributed by atoms with E-state index in [2.05, 4.69) is 30.7 Å². The van der Waals surface area contributed by atoms with Crippen molar-refractivity contribution < 1.29 is 4.74 Å². The van der Waals surface area contributed by atoms with E-state index in [1.807, 2.05) is 7.05 Å². The summed E-state index contributed by atoms with van der Waals surface area (Å²) in [6.45, 7) is 10.2. The fraction of sp³-hybridized carbons (Fsp3) is 0.900. The Labute approximate surface area is 80.8 Å². The van der Waals surface area contributed by atoms with Crippen LogP contribution in [0.3, 0.4) is 0 Å². The van der Waals surface area contributed by atoms with Crippen LogP contribution >= 0.6 is 0 Å². The first kappa shape index (κ1) is 10.5. The van der Waals surface area contributed by atoms with Crippen molar-refractivity contribution in [2.75, 3.05) is 33.4 Å². The Bertz CT molecular complexity index is 188. The minimum Gasteiger partial charge on any atom is -0.378 e. The van der Waals surface area contributed by atoms with E-state index in [0.717, 1.165) is 26.3 Å². The van der Waals surface area contributed by atoms with Crippen molar-refractivity contribution >= 4 is 5.84 Å². The zero-order valence-corrected chi connectivity index (χ0v) is 9.13. The second-order valence-corrected chi connectivity index (χ2v) is 4.40. The maximum atomic E-state index is 5.31. The third kappa shape index (κ3) is 2.69. The summed E-state index contributed by atoms with van der Waals surface area (Å²) >= 11 is 0. The molecule has 0 aromatic heterocycles. The standard InChI is InChI=1S/C10H20N2O/c1-10(2,3)9(11-4)12-5-7-13-8-6-12/h5-8H2,1-4H3. The van der Waals surface area contributed by atoms with Crippen molar-refractivity contribution in [1.82, 2.24) is 4.90 Å². The number of rotatable bonds is 0. The van der Waals surface area contributed by atoms with Crippen LogP contribution in [0.25, 0.3) is 0 Å². The molecule has 1 rings (SSSR count). The Morgan fingerprint density at radius 1 is 1.23 bits per heavy atom. The molecule has 1 saturated heterocycles. The lowest BCUT2D eigenvalue weighted by Crippen LogP contribution is -2.46. The fourth-order valence-corrected chi connectivity index (χ4v) is 1.73. The van der Waals surface area contributed by atoms with Crippen molar-refractivity contribution in [3.8, 4) is 0 Å². The van der Waals surface area contributed by atoms with Crippen LogP contribution in [0.1, 0.15) is 20.8 Å². The molecular formula is C10H20N2O. The summed E-state index contributed by atoms with van der Waals surface area (Å²) in [5, 5.41) is 0. The van der Waals surface area contributed by atoms with E-state index in [-0.39, 0.29) is 5.41 Å². The van der Waals surface area contributed by atoms with Gasteiger partial charge in [0.1, 0.15) is 5.84 Å². The largest absolute Gasteiger partial charge is 0.378 e. The van der Waals surface area contributed by atoms with Gasteiger partial charge in [-0.2, -0.15) is 0 Å². The Kier molecular flexibility index (Phi) is 3.31. The first-order valence-corrected chi connectivity index (χ1v) is 4.85. The molecule has 0 N–H and O–H groups in total. The van der Waals surface area contributed by atoms with E-state index in [4.69, 9.17) is 4.74 Å². The number of amidine groups is 1. The summed E-state index contributed by atoms with van der Waals surface area (Å²) in [5.41, 5.74) is 0.145. The molecule has 1 fully saturated rings. The highest BCUT2D eigenvalue weighted by atomic mass is 16.5. The van der Waals surface area contributed by atoms with Gasteiger partial charge in [-0.1, -0.05) is 20.8 Å². The second-order valence-electron chi connectivity index (χ2n) is 4.40. The molecule has 13 heavy (non-hydrogen) atoms. The predicted molar refractivity (Wildman–Crippen MR) is 55.2 cm³/mol. The van der Waals surface area contributed by atoms with E-state index in [1.165, 1.54) is 5.84 Å². The molecule has 0 aromatic carbocycles. The molecule has 1 aliphatic heterocycles. The molecular weight excluding hydrogens is 164 g/mol. The van der Waals surface area contributed by atoms with Crippen molar-refractivity contribution in [3.05, 3.63) is 0 Å². The number of aliphatic imine (C=N–C) groups is 1. The zero-order chi connectivity index (χ0) is 9.90. The second kappa shape index (κ2) is 4.09. The Balaban J connectivity index is 2.66. The SMILES string of the molecule is CN=C(N1CCOCC1)C(C)(C)C. The lowest BCUT2D eigenvalue weighted by Gasteiger charge is -2.35. The van der Waals surface area contributed by atoms with Gasteiger partial charge in [-0.15, -0.1) is 0 Å².